The summed E-state index contributed by atoms with van der Waals surface area (Å²) in [5.74, 6) is -1.95. The molecule has 0 unspecified atom stereocenters. The number of carbonyl (C=O) groups is 4. The number of para-hydroxylation sites is 2. The van der Waals surface area contributed by atoms with Gasteiger partial charge in [0.25, 0.3) is 0 Å². The average Bonchev–Trinajstić information content (AvgIpc) is 3.20. The molecular weight excluding hydrogens is 376 g/mol. The van der Waals surface area contributed by atoms with E-state index in [9.17, 15) is 24.3 Å². The quantitative estimate of drug-likeness (QED) is 0.692. The Balaban J connectivity index is 1.82. The van der Waals surface area contributed by atoms with E-state index in [1.807, 2.05) is 13.8 Å². The van der Waals surface area contributed by atoms with Crippen LogP contribution in [0.15, 0.2) is 24.3 Å². The van der Waals surface area contributed by atoms with E-state index in [2.05, 4.69) is 10.6 Å². The van der Waals surface area contributed by atoms with E-state index < -0.39 is 30.0 Å². The lowest BCUT2D eigenvalue weighted by Gasteiger charge is -2.34. The van der Waals surface area contributed by atoms with Crippen LogP contribution in [0.25, 0.3) is 0 Å². The van der Waals surface area contributed by atoms with E-state index in [0.29, 0.717) is 37.2 Å². The largest absolute Gasteiger partial charge is 0.480 e. The zero-order chi connectivity index (χ0) is 21.1. The minimum atomic E-state index is -1.04. The van der Waals surface area contributed by atoms with Gasteiger partial charge in [0.05, 0.1) is 11.4 Å². The van der Waals surface area contributed by atoms with Crippen molar-refractivity contribution in [2.45, 2.75) is 45.2 Å². The summed E-state index contributed by atoms with van der Waals surface area (Å²) in [6.45, 7) is 3.93. The second-order valence-electron chi connectivity index (χ2n) is 7.49. The lowest BCUT2D eigenvalue weighted by molar-refractivity contribution is -0.149. The summed E-state index contributed by atoms with van der Waals surface area (Å²) in [4.78, 5) is 52.3. The molecule has 2 aliphatic heterocycles. The third-order valence-electron chi connectivity index (χ3n) is 5.59. The molecule has 0 spiro atoms. The molecule has 0 aromatic heterocycles. The normalized spacial score (nSPS) is 20.5. The van der Waals surface area contributed by atoms with Crippen molar-refractivity contribution in [2.24, 2.45) is 5.92 Å². The number of amides is 4. The standard InChI is InChI=1S/C20H26N4O5/c1-3-12(2)17(18(26)23-10-6-9-15(23)19(27)28)22-20(29)24-11-16(25)21-13-7-4-5-8-14(13)24/h4-5,7-8,12,15,17H,3,6,9-11H2,1-2H3,(H,21,25)(H,22,29)(H,27,28)/t12-,15-,17-/m0/s1. The molecule has 29 heavy (non-hydrogen) atoms. The Morgan fingerprint density at radius 3 is 2.72 bits per heavy atom. The number of hydrogen-bond acceptors (Lipinski definition) is 4. The van der Waals surface area contributed by atoms with Crippen molar-refractivity contribution >= 4 is 35.2 Å². The molecule has 0 aliphatic carbocycles. The van der Waals surface area contributed by atoms with E-state index in [1.165, 1.54) is 9.80 Å². The second kappa shape index (κ2) is 8.50. The molecule has 4 amide bonds. The van der Waals surface area contributed by atoms with Gasteiger partial charge < -0.3 is 20.6 Å². The molecular formula is C20H26N4O5. The zero-order valence-electron chi connectivity index (χ0n) is 16.6. The first kappa shape index (κ1) is 20.6. The van der Waals surface area contributed by atoms with E-state index in [4.69, 9.17) is 0 Å². The topological polar surface area (TPSA) is 119 Å². The second-order valence-corrected chi connectivity index (χ2v) is 7.49. The maximum absolute atomic E-state index is 13.1. The maximum Gasteiger partial charge on any atom is 0.326 e. The highest BCUT2D eigenvalue weighted by molar-refractivity contribution is 6.10. The molecule has 0 saturated carbocycles. The fraction of sp³-hybridized carbons (Fsp3) is 0.500. The highest BCUT2D eigenvalue weighted by atomic mass is 16.4. The number of urea groups is 1. The van der Waals surface area contributed by atoms with Crippen molar-refractivity contribution in [1.29, 1.82) is 0 Å². The number of nitrogens with zero attached hydrogens (tertiary/aromatic N) is 2. The predicted molar refractivity (Wildman–Crippen MR) is 107 cm³/mol. The van der Waals surface area contributed by atoms with Gasteiger partial charge in [-0.25, -0.2) is 9.59 Å². The fourth-order valence-corrected chi connectivity index (χ4v) is 3.77. The lowest BCUT2D eigenvalue weighted by Crippen LogP contribution is -2.57. The molecule has 9 heteroatoms. The van der Waals surface area contributed by atoms with E-state index in [-0.39, 0.29) is 18.4 Å². The van der Waals surface area contributed by atoms with Crippen molar-refractivity contribution in [3.05, 3.63) is 24.3 Å². The average molecular weight is 402 g/mol. The number of fused-ring (bicyclic) bond motifs is 1. The van der Waals surface area contributed by atoms with Crippen molar-refractivity contribution in [3.8, 4) is 0 Å². The van der Waals surface area contributed by atoms with Crippen molar-refractivity contribution in [2.75, 3.05) is 23.3 Å². The van der Waals surface area contributed by atoms with Crippen molar-refractivity contribution < 1.29 is 24.3 Å². The molecule has 1 fully saturated rings. The van der Waals surface area contributed by atoms with Crippen LogP contribution in [0.1, 0.15) is 33.1 Å². The number of nitrogens with one attached hydrogen (secondary N) is 2. The number of benzene rings is 1. The van der Waals surface area contributed by atoms with Crippen LogP contribution in [0.5, 0.6) is 0 Å². The summed E-state index contributed by atoms with van der Waals surface area (Å²) >= 11 is 0. The van der Waals surface area contributed by atoms with E-state index in [1.54, 1.807) is 24.3 Å². The highest BCUT2D eigenvalue weighted by Gasteiger charge is 2.40. The molecule has 1 aromatic carbocycles. The molecule has 1 aromatic rings. The van der Waals surface area contributed by atoms with Crippen molar-refractivity contribution in [3.63, 3.8) is 0 Å². The van der Waals surface area contributed by atoms with Gasteiger partial charge >= 0.3 is 12.0 Å². The third kappa shape index (κ3) is 4.18. The van der Waals surface area contributed by atoms with Gasteiger partial charge in [-0.1, -0.05) is 32.4 Å². The van der Waals surface area contributed by atoms with Crippen LogP contribution in [-0.4, -0.2) is 59.0 Å². The molecule has 3 atom stereocenters. The number of rotatable bonds is 5. The number of carboxylic acids is 1. The molecule has 156 valence electrons. The Hall–Kier alpha value is -3.10. The Morgan fingerprint density at radius 1 is 1.31 bits per heavy atom. The Labute approximate surface area is 169 Å². The molecule has 2 aliphatic rings. The van der Waals surface area contributed by atoms with E-state index >= 15 is 0 Å². The van der Waals surface area contributed by atoms with Crippen molar-refractivity contribution in [1.82, 2.24) is 10.2 Å². The molecule has 1 saturated heterocycles. The lowest BCUT2D eigenvalue weighted by atomic mass is 9.97. The first-order valence-electron chi connectivity index (χ1n) is 9.83. The van der Waals surface area contributed by atoms with Crippen LogP contribution < -0.4 is 15.5 Å². The molecule has 9 nitrogen and oxygen atoms in total. The number of anilines is 2. The van der Waals surface area contributed by atoms with E-state index in [0.717, 1.165) is 0 Å². The third-order valence-corrected chi connectivity index (χ3v) is 5.59. The molecule has 3 rings (SSSR count). The number of aliphatic carboxylic acids is 1. The summed E-state index contributed by atoms with van der Waals surface area (Å²) in [7, 11) is 0. The predicted octanol–water partition coefficient (Wildman–Crippen LogP) is 1.65. The Morgan fingerprint density at radius 2 is 2.03 bits per heavy atom. The number of carboxylic acid groups (broad SMARTS) is 1. The smallest absolute Gasteiger partial charge is 0.326 e. The van der Waals surface area contributed by atoms with Crippen LogP contribution in [0, 0.1) is 5.92 Å². The fourth-order valence-electron chi connectivity index (χ4n) is 3.77. The minimum Gasteiger partial charge on any atom is -0.480 e. The maximum atomic E-state index is 13.1. The van der Waals surface area contributed by atoms with Gasteiger partial charge in [0.1, 0.15) is 18.6 Å². The van der Waals surface area contributed by atoms with Gasteiger partial charge in [0.2, 0.25) is 11.8 Å². The molecule has 3 N–H and O–H groups in total. The van der Waals surface area contributed by atoms with Gasteiger partial charge in [0.15, 0.2) is 0 Å². The Bertz CT molecular complexity index is 827. The van der Waals surface area contributed by atoms with Gasteiger partial charge in [-0.3, -0.25) is 14.5 Å². The van der Waals surface area contributed by atoms with Crippen LogP contribution in [0.3, 0.4) is 0 Å². The summed E-state index contributed by atoms with van der Waals surface area (Å²) in [5.41, 5.74) is 1.07. The molecule has 2 heterocycles. The molecule has 0 radical (unpaired) electrons. The number of likely N-dealkylation sites (tertiary alicyclic amines) is 1. The zero-order valence-corrected chi connectivity index (χ0v) is 16.6. The monoisotopic (exact) mass is 402 g/mol. The van der Waals surface area contributed by atoms with Crippen LogP contribution in [0.4, 0.5) is 16.2 Å². The van der Waals surface area contributed by atoms with Crippen LogP contribution in [0.2, 0.25) is 0 Å². The highest BCUT2D eigenvalue weighted by Crippen LogP contribution is 2.29. The Kier molecular flexibility index (Phi) is 6.05. The first-order valence-corrected chi connectivity index (χ1v) is 9.83. The van der Waals surface area contributed by atoms with Crippen LogP contribution in [-0.2, 0) is 14.4 Å². The SMILES string of the molecule is CC[C@H](C)[C@H](NC(=O)N1CC(=O)Nc2ccccc21)C(=O)N1CCC[C@H]1C(=O)O. The van der Waals surface area contributed by atoms with Gasteiger partial charge in [-0.2, -0.15) is 0 Å². The van der Waals surface area contributed by atoms with Crippen LogP contribution >= 0.6 is 0 Å². The van der Waals surface area contributed by atoms with Gasteiger partial charge in [-0.15, -0.1) is 0 Å². The number of carbonyl (C=O) groups excluding carboxylic acids is 3. The van der Waals surface area contributed by atoms with Gasteiger partial charge in [-0.05, 0) is 30.9 Å². The first-order chi connectivity index (χ1) is 13.8. The number of hydrogen-bond donors (Lipinski definition) is 3. The molecule has 0 bridgehead atoms. The summed E-state index contributed by atoms with van der Waals surface area (Å²) in [6.07, 6.45) is 1.64. The van der Waals surface area contributed by atoms with Gasteiger partial charge in [0, 0.05) is 6.54 Å². The summed E-state index contributed by atoms with van der Waals surface area (Å²) < 4.78 is 0. The summed E-state index contributed by atoms with van der Waals surface area (Å²) in [6, 6.07) is 4.64. The minimum absolute atomic E-state index is 0.161. The summed E-state index contributed by atoms with van der Waals surface area (Å²) in [5, 5.41) is 14.9.